The maximum absolute atomic E-state index is 13.4. The monoisotopic (exact) mass is 519 g/mol. The Hall–Kier alpha value is -3.44. The lowest BCUT2D eigenvalue weighted by Gasteiger charge is -2.19. The molecular weight excluding hydrogens is 495 g/mol. The fourth-order valence-corrected chi connectivity index (χ4v) is 5.72. The Morgan fingerprint density at radius 3 is 2.50 bits per heavy atom. The largest absolute Gasteiger partial charge is 0.497 e. The number of pyridine rings is 1. The average Bonchev–Trinajstić information content (AvgIpc) is 3.34. The number of aromatic nitrogens is 1. The molecule has 2 aromatic carbocycles. The number of halogens is 3. The third-order valence-electron chi connectivity index (χ3n) is 6.15. The molecule has 11 heteroatoms. The fourth-order valence-electron chi connectivity index (χ4n) is 4.23. The highest BCUT2D eigenvalue weighted by molar-refractivity contribution is 7.89. The van der Waals surface area contributed by atoms with Gasteiger partial charge in [-0.3, -0.25) is 9.78 Å². The second kappa shape index (κ2) is 10.3. The van der Waals surface area contributed by atoms with Gasteiger partial charge >= 0.3 is 6.18 Å². The van der Waals surface area contributed by atoms with Crippen molar-refractivity contribution in [3.8, 4) is 5.75 Å². The highest BCUT2D eigenvalue weighted by Gasteiger charge is 2.44. The lowest BCUT2D eigenvalue weighted by atomic mass is 9.87. The Labute approximate surface area is 207 Å². The third-order valence-corrected chi connectivity index (χ3v) is 8.00. The molecule has 1 N–H and O–H groups in total. The first-order chi connectivity index (χ1) is 17.1. The SMILES string of the molecule is COc1ccc(S(=O)(=O)N2CC(C(=O)NCc3cccnc3)C(c3cccc(C(F)(F)F)c3)C2)cc1. The molecule has 1 amide bonds. The minimum Gasteiger partial charge on any atom is -0.497 e. The van der Waals surface area contributed by atoms with E-state index >= 15 is 0 Å². The number of ether oxygens (including phenoxy) is 1. The number of hydrogen-bond donors (Lipinski definition) is 1. The maximum atomic E-state index is 13.4. The number of amides is 1. The van der Waals surface area contributed by atoms with Crippen LogP contribution in [-0.2, 0) is 27.5 Å². The standard InChI is InChI=1S/C25H24F3N3O4S/c1-35-20-7-9-21(10-8-20)36(33,34)31-15-22(18-5-2-6-19(12-18)25(26,27)28)23(16-31)24(32)30-14-17-4-3-11-29-13-17/h2-13,22-23H,14-16H2,1H3,(H,30,32). The van der Waals surface area contributed by atoms with Gasteiger partial charge in [0.05, 0.1) is 23.5 Å². The second-order valence-electron chi connectivity index (χ2n) is 8.41. The second-order valence-corrected chi connectivity index (χ2v) is 10.4. The van der Waals surface area contributed by atoms with Crippen LogP contribution < -0.4 is 10.1 Å². The van der Waals surface area contributed by atoms with E-state index in [4.69, 9.17) is 4.74 Å². The van der Waals surface area contributed by atoms with E-state index in [-0.39, 0.29) is 30.1 Å². The number of nitrogens with one attached hydrogen (secondary N) is 1. The van der Waals surface area contributed by atoms with Gasteiger partial charge in [0.15, 0.2) is 0 Å². The van der Waals surface area contributed by atoms with Gasteiger partial charge in [-0.1, -0.05) is 24.3 Å². The molecular formula is C25H24F3N3O4S. The number of nitrogens with zero attached hydrogens (tertiary/aromatic N) is 2. The van der Waals surface area contributed by atoms with Crippen LogP contribution >= 0.6 is 0 Å². The maximum Gasteiger partial charge on any atom is 0.416 e. The zero-order valence-corrected chi connectivity index (χ0v) is 20.1. The number of sulfonamides is 1. The van der Waals surface area contributed by atoms with E-state index in [9.17, 15) is 26.4 Å². The van der Waals surface area contributed by atoms with Crippen LogP contribution in [-0.4, -0.2) is 43.8 Å². The van der Waals surface area contributed by atoms with E-state index in [1.807, 2.05) is 0 Å². The van der Waals surface area contributed by atoms with Crippen molar-refractivity contribution in [2.24, 2.45) is 5.92 Å². The molecule has 1 fully saturated rings. The minimum atomic E-state index is -4.57. The third kappa shape index (κ3) is 5.52. The molecule has 4 rings (SSSR count). The van der Waals surface area contributed by atoms with Gasteiger partial charge in [0.1, 0.15) is 5.75 Å². The summed E-state index contributed by atoms with van der Waals surface area (Å²) in [6.45, 7) is -0.154. The van der Waals surface area contributed by atoms with Crippen LogP contribution in [0.1, 0.15) is 22.6 Å². The fraction of sp³-hybridized carbons (Fsp3) is 0.280. The smallest absolute Gasteiger partial charge is 0.416 e. The van der Waals surface area contributed by atoms with Crippen LogP contribution in [0.15, 0.2) is 78.0 Å². The number of rotatable bonds is 7. The van der Waals surface area contributed by atoms with Gasteiger partial charge < -0.3 is 10.1 Å². The molecule has 0 saturated carbocycles. The molecule has 2 heterocycles. The van der Waals surface area contributed by atoms with Crippen molar-refractivity contribution < 1.29 is 31.1 Å². The van der Waals surface area contributed by atoms with Crippen LogP contribution in [0.25, 0.3) is 0 Å². The van der Waals surface area contributed by atoms with E-state index in [2.05, 4.69) is 10.3 Å². The quantitative estimate of drug-likeness (QED) is 0.513. The highest BCUT2D eigenvalue weighted by Crippen LogP contribution is 2.38. The van der Waals surface area contributed by atoms with Gasteiger partial charge in [-0.15, -0.1) is 0 Å². The lowest BCUT2D eigenvalue weighted by Crippen LogP contribution is -2.35. The summed E-state index contributed by atoms with van der Waals surface area (Å²) < 4.78 is 73.0. The summed E-state index contributed by atoms with van der Waals surface area (Å²) in [5.41, 5.74) is 0.131. The molecule has 0 bridgehead atoms. The van der Waals surface area contributed by atoms with Crippen LogP contribution in [0.3, 0.4) is 0 Å². The van der Waals surface area contributed by atoms with E-state index in [0.717, 1.165) is 22.0 Å². The first-order valence-electron chi connectivity index (χ1n) is 11.1. The minimum absolute atomic E-state index is 0.00232. The Morgan fingerprint density at radius 1 is 1.11 bits per heavy atom. The van der Waals surface area contributed by atoms with Crippen molar-refractivity contribution in [1.82, 2.24) is 14.6 Å². The first-order valence-corrected chi connectivity index (χ1v) is 12.5. The van der Waals surface area contributed by atoms with Crippen LogP contribution in [0, 0.1) is 5.92 Å². The molecule has 190 valence electrons. The van der Waals surface area contributed by atoms with Crippen LogP contribution in [0.4, 0.5) is 13.2 Å². The van der Waals surface area contributed by atoms with Gasteiger partial charge in [0.2, 0.25) is 15.9 Å². The predicted octanol–water partition coefficient (Wildman–Crippen LogP) is 3.83. The highest BCUT2D eigenvalue weighted by atomic mass is 32.2. The molecule has 1 saturated heterocycles. The van der Waals surface area contributed by atoms with Crippen LogP contribution in [0.2, 0.25) is 0 Å². The molecule has 1 aliphatic heterocycles. The van der Waals surface area contributed by atoms with Crippen molar-refractivity contribution in [2.75, 3.05) is 20.2 Å². The summed E-state index contributed by atoms with van der Waals surface area (Å²) in [6, 6.07) is 14.0. The molecule has 0 aliphatic carbocycles. The molecule has 0 spiro atoms. The van der Waals surface area contributed by atoms with Gasteiger partial charge in [0, 0.05) is 37.9 Å². The molecule has 3 aromatic rings. The summed E-state index contributed by atoms with van der Waals surface area (Å²) in [6.07, 6.45) is -1.39. The molecule has 2 unspecified atom stereocenters. The predicted molar refractivity (Wildman–Crippen MR) is 126 cm³/mol. The van der Waals surface area contributed by atoms with Gasteiger partial charge in [-0.2, -0.15) is 17.5 Å². The van der Waals surface area contributed by atoms with E-state index in [1.165, 1.54) is 43.5 Å². The van der Waals surface area contributed by atoms with Crippen molar-refractivity contribution in [2.45, 2.75) is 23.5 Å². The number of carbonyl (C=O) groups excluding carboxylic acids is 1. The zero-order valence-electron chi connectivity index (χ0n) is 19.3. The van der Waals surface area contributed by atoms with Gasteiger partial charge in [-0.25, -0.2) is 8.42 Å². The van der Waals surface area contributed by atoms with Crippen molar-refractivity contribution in [1.29, 1.82) is 0 Å². The number of carbonyl (C=O) groups is 1. The van der Waals surface area contributed by atoms with Crippen molar-refractivity contribution in [3.63, 3.8) is 0 Å². The Balaban J connectivity index is 1.64. The molecule has 7 nitrogen and oxygen atoms in total. The summed E-state index contributed by atoms with van der Waals surface area (Å²) in [7, 11) is -2.55. The Morgan fingerprint density at radius 2 is 1.86 bits per heavy atom. The summed E-state index contributed by atoms with van der Waals surface area (Å²) in [4.78, 5) is 17.2. The summed E-state index contributed by atoms with van der Waals surface area (Å²) >= 11 is 0. The van der Waals surface area contributed by atoms with E-state index < -0.39 is 39.5 Å². The average molecular weight is 520 g/mol. The normalized spacial score (nSPS) is 18.7. The molecule has 2 atom stereocenters. The molecule has 0 radical (unpaired) electrons. The van der Waals surface area contributed by atoms with Crippen LogP contribution in [0.5, 0.6) is 5.75 Å². The van der Waals surface area contributed by atoms with E-state index in [0.29, 0.717) is 5.75 Å². The Bertz CT molecular complexity index is 1320. The first kappa shape index (κ1) is 25.6. The van der Waals surface area contributed by atoms with Crippen molar-refractivity contribution >= 4 is 15.9 Å². The van der Waals surface area contributed by atoms with Gasteiger partial charge in [-0.05, 0) is 47.5 Å². The molecule has 1 aromatic heterocycles. The molecule has 36 heavy (non-hydrogen) atoms. The van der Waals surface area contributed by atoms with Crippen molar-refractivity contribution in [3.05, 3.63) is 89.7 Å². The Kier molecular flexibility index (Phi) is 7.32. The number of benzene rings is 2. The number of alkyl halides is 3. The number of hydrogen-bond acceptors (Lipinski definition) is 5. The zero-order chi connectivity index (χ0) is 25.9. The summed E-state index contributed by atoms with van der Waals surface area (Å²) in [5, 5.41) is 2.77. The van der Waals surface area contributed by atoms with Gasteiger partial charge in [0.25, 0.3) is 0 Å². The van der Waals surface area contributed by atoms with E-state index in [1.54, 1.807) is 24.5 Å². The molecule has 1 aliphatic rings. The topological polar surface area (TPSA) is 88.6 Å². The number of methoxy groups -OCH3 is 1. The lowest BCUT2D eigenvalue weighted by molar-refractivity contribution is -0.137. The summed E-state index contributed by atoms with van der Waals surface area (Å²) in [5.74, 6) is -1.63.